The molecule has 56 heavy (non-hydrogen) atoms. The van der Waals surface area contributed by atoms with Gasteiger partial charge in [-0.3, -0.25) is 9.69 Å². The van der Waals surface area contributed by atoms with Gasteiger partial charge >= 0.3 is 24.1 Å². The van der Waals surface area contributed by atoms with E-state index in [0.717, 1.165) is 16.0 Å². The molecule has 0 radical (unpaired) electrons. The average molecular weight is 770 g/mol. The van der Waals surface area contributed by atoms with Crippen molar-refractivity contribution in [2.45, 2.75) is 71.1 Å². The fourth-order valence-electron chi connectivity index (χ4n) is 5.59. The number of nitrogens with one attached hydrogen (secondary N) is 2. The largest absolute Gasteiger partial charge is 0.507 e. The molecule has 0 saturated heterocycles. The molecule has 0 aliphatic carbocycles. The Morgan fingerprint density at radius 1 is 0.786 bits per heavy atom. The second kappa shape index (κ2) is 19.1. The molecule has 0 fully saturated rings. The molecule has 0 unspecified atom stereocenters. The third-order valence-corrected chi connectivity index (χ3v) is 8.39. The van der Waals surface area contributed by atoms with Gasteiger partial charge in [-0.15, -0.1) is 0 Å². The van der Waals surface area contributed by atoms with E-state index in [0.29, 0.717) is 16.9 Å². The van der Waals surface area contributed by atoms with Gasteiger partial charge in [-0.05, 0) is 74.2 Å². The number of hydrogen-bond donors (Lipinski definition) is 4. The van der Waals surface area contributed by atoms with Crippen molar-refractivity contribution in [3.63, 3.8) is 0 Å². The van der Waals surface area contributed by atoms with E-state index in [1.54, 1.807) is 63.2 Å². The van der Waals surface area contributed by atoms with Crippen molar-refractivity contribution in [1.29, 1.82) is 0 Å². The van der Waals surface area contributed by atoms with Crippen LogP contribution in [0.25, 0.3) is 11.1 Å². The van der Waals surface area contributed by atoms with Crippen LogP contribution in [0.1, 0.15) is 56.0 Å². The average Bonchev–Trinajstić information content (AvgIpc) is 3.16. The summed E-state index contributed by atoms with van der Waals surface area (Å²) in [6, 6.07) is 23.6. The van der Waals surface area contributed by atoms with E-state index < -0.39 is 53.8 Å². The number of benzene rings is 4. The summed E-state index contributed by atoms with van der Waals surface area (Å²) in [6.45, 7) is 6.55. The lowest BCUT2D eigenvalue weighted by Gasteiger charge is -2.25. The summed E-state index contributed by atoms with van der Waals surface area (Å²) in [5.41, 5.74) is 1.91. The zero-order valence-corrected chi connectivity index (χ0v) is 32.1. The number of aliphatic carboxylic acids is 1. The van der Waals surface area contributed by atoms with Crippen LogP contribution < -0.4 is 15.4 Å². The number of hydrogen-bond acceptors (Lipinski definition) is 10. The molecule has 4 aromatic rings. The Balaban J connectivity index is 1.67. The van der Waals surface area contributed by atoms with Crippen molar-refractivity contribution in [3.05, 3.63) is 119 Å². The lowest BCUT2D eigenvalue weighted by molar-refractivity contribution is -0.145. The highest BCUT2D eigenvalue weighted by molar-refractivity contribution is 5.90. The molecule has 3 amide bonds. The maximum absolute atomic E-state index is 13.1. The molecule has 0 saturated carbocycles. The van der Waals surface area contributed by atoms with Crippen LogP contribution >= 0.6 is 0 Å². The summed E-state index contributed by atoms with van der Waals surface area (Å²) in [7, 11) is 2.48. The smallest absolute Gasteiger partial charge is 0.410 e. The number of carboxylic acid groups (broad SMARTS) is 1. The number of alkyl carbamates (subject to hydrolysis) is 1. The molecular formula is C42H47N3O11. The summed E-state index contributed by atoms with van der Waals surface area (Å²) in [5.74, 6) is -2.70. The second-order valence-electron chi connectivity index (χ2n) is 13.9. The lowest BCUT2D eigenvalue weighted by Crippen LogP contribution is -2.52. The van der Waals surface area contributed by atoms with Gasteiger partial charge in [0.15, 0.2) is 6.04 Å². The predicted molar refractivity (Wildman–Crippen MR) is 206 cm³/mol. The van der Waals surface area contributed by atoms with E-state index in [-0.39, 0.29) is 36.5 Å². The third-order valence-electron chi connectivity index (χ3n) is 8.39. The highest BCUT2D eigenvalue weighted by Gasteiger charge is 2.31. The highest BCUT2D eigenvalue weighted by Crippen LogP contribution is 2.39. The summed E-state index contributed by atoms with van der Waals surface area (Å²) >= 11 is 0. The van der Waals surface area contributed by atoms with Crippen molar-refractivity contribution in [3.8, 4) is 22.6 Å². The van der Waals surface area contributed by atoms with E-state index in [1.807, 2.05) is 36.4 Å². The van der Waals surface area contributed by atoms with Gasteiger partial charge in [-0.25, -0.2) is 19.2 Å². The van der Waals surface area contributed by atoms with Gasteiger partial charge in [-0.2, -0.15) is 0 Å². The summed E-state index contributed by atoms with van der Waals surface area (Å²) < 4.78 is 21.8. The molecule has 4 aromatic carbocycles. The number of esters is 1. The zero-order chi connectivity index (χ0) is 41.0. The van der Waals surface area contributed by atoms with E-state index in [9.17, 15) is 34.2 Å². The Kier molecular flexibility index (Phi) is 14.4. The van der Waals surface area contributed by atoms with Gasteiger partial charge in [0.2, 0.25) is 5.91 Å². The molecule has 0 heterocycles. The van der Waals surface area contributed by atoms with E-state index in [1.165, 1.54) is 39.3 Å². The number of ether oxygens (including phenoxy) is 4. The fourth-order valence-corrected chi connectivity index (χ4v) is 5.59. The number of phenols is 1. The van der Waals surface area contributed by atoms with Crippen molar-refractivity contribution < 1.29 is 53.1 Å². The molecule has 4 rings (SSSR count). The van der Waals surface area contributed by atoms with Crippen molar-refractivity contribution in [1.82, 2.24) is 15.5 Å². The number of likely N-dealkylation sites (N-methyl/N-ethyl adjacent to an activating group) is 1. The van der Waals surface area contributed by atoms with Crippen molar-refractivity contribution >= 4 is 30.0 Å². The maximum Gasteiger partial charge on any atom is 0.410 e. The van der Waals surface area contributed by atoms with Gasteiger partial charge < -0.3 is 39.8 Å². The lowest BCUT2D eigenvalue weighted by atomic mass is 9.94. The number of carbonyl (C=O) groups is 5. The normalized spacial score (nSPS) is 12.6. The minimum absolute atomic E-state index is 0.0712. The van der Waals surface area contributed by atoms with Gasteiger partial charge in [-0.1, -0.05) is 72.8 Å². The first-order valence-electron chi connectivity index (χ1n) is 17.7. The van der Waals surface area contributed by atoms with Crippen LogP contribution in [-0.2, 0) is 48.2 Å². The fraction of sp³-hybridized carbons (Fsp3) is 0.310. The molecule has 0 aliphatic heterocycles. The van der Waals surface area contributed by atoms with E-state index >= 15 is 0 Å². The molecule has 0 spiro atoms. The number of phenolic OH excluding ortho intramolecular Hbond substituents is 1. The number of rotatable bonds is 15. The first kappa shape index (κ1) is 42.2. The molecule has 3 atom stereocenters. The maximum atomic E-state index is 13.1. The Morgan fingerprint density at radius 3 is 2.00 bits per heavy atom. The van der Waals surface area contributed by atoms with Crippen LogP contribution in [0.5, 0.6) is 11.5 Å². The van der Waals surface area contributed by atoms with Crippen molar-refractivity contribution in [2.24, 2.45) is 0 Å². The first-order chi connectivity index (χ1) is 26.6. The molecule has 14 heteroatoms. The Bertz CT molecular complexity index is 2000. The van der Waals surface area contributed by atoms with Crippen LogP contribution in [0.15, 0.2) is 97.1 Å². The molecule has 4 N–H and O–H groups in total. The van der Waals surface area contributed by atoms with E-state index in [4.69, 9.17) is 18.9 Å². The second-order valence-corrected chi connectivity index (χ2v) is 13.9. The summed E-state index contributed by atoms with van der Waals surface area (Å²) in [4.78, 5) is 65.0. The molecule has 0 bridgehead atoms. The Labute approximate surface area is 325 Å². The molecular weight excluding hydrogens is 722 g/mol. The van der Waals surface area contributed by atoms with Gasteiger partial charge in [0.25, 0.3) is 0 Å². The van der Waals surface area contributed by atoms with Gasteiger partial charge in [0.1, 0.15) is 42.4 Å². The molecule has 14 nitrogen and oxygen atoms in total. The third kappa shape index (κ3) is 12.0. The monoisotopic (exact) mass is 769 g/mol. The van der Waals surface area contributed by atoms with Crippen LogP contribution in [0.4, 0.5) is 9.59 Å². The Morgan fingerprint density at radius 2 is 1.41 bits per heavy atom. The molecule has 0 aromatic heterocycles. The van der Waals surface area contributed by atoms with Crippen molar-refractivity contribution in [2.75, 3.05) is 14.2 Å². The summed E-state index contributed by atoms with van der Waals surface area (Å²) in [5, 5.41) is 26.6. The first-order valence-corrected chi connectivity index (χ1v) is 17.7. The number of aromatic hydroxyl groups is 1. The van der Waals surface area contributed by atoms with Crippen LogP contribution in [0, 0.1) is 0 Å². The topological polar surface area (TPSA) is 190 Å². The minimum Gasteiger partial charge on any atom is -0.507 e. The summed E-state index contributed by atoms with van der Waals surface area (Å²) in [6.07, 6.45) is -1.78. The van der Waals surface area contributed by atoms with Crippen LogP contribution in [-0.4, -0.2) is 77.0 Å². The number of methoxy groups -OCH3 is 1. The van der Waals surface area contributed by atoms with Gasteiger partial charge in [0.05, 0.1) is 7.11 Å². The Hall–Kier alpha value is -6.57. The quantitative estimate of drug-likeness (QED) is 0.0802. The SMILES string of the molecule is COC(=O)[C@H](Cc1ccc(OCc2ccccc2)c(-c2cc([C@@H](C(=O)O)N(C)C(=O)OCc3ccccc3)ccc2O)c1)NC(=O)[C@H](C)NC(=O)OC(C)(C)C. The number of carbonyl (C=O) groups excluding carboxylic acids is 4. The standard InChI is InChI=1S/C42H47N3O11/c1-26(43-40(51)56-42(2,3)4)37(47)44-33(39(50)53-6)22-29-17-20-35(54-24-27-13-9-7-10-14-27)32(21-29)31-23-30(18-19-34(31)46)36(38(48)49)45(5)41(52)55-25-28-15-11-8-12-16-28/h7-21,23,26,33,36,46H,22,24-25H2,1-6H3,(H,43,51)(H,44,47)(H,48,49)/t26-,33-,36-/m0/s1. The van der Waals surface area contributed by atoms with Crippen LogP contribution in [0.2, 0.25) is 0 Å². The van der Waals surface area contributed by atoms with E-state index in [2.05, 4.69) is 10.6 Å². The molecule has 296 valence electrons. The predicted octanol–water partition coefficient (Wildman–Crippen LogP) is 6.15. The molecule has 0 aliphatic rings. The number of amides is 3. The number of carboxylic acids is 1. The van der Waals surface area contributed by atoms with Gasteiger partial charge in [0, 0.05) is 24.6 Å². The zero-order valence-electron chi connectivity index (χ0n) is 32.1. The number of nitrogens with zero attached hydrogens (tertiary/aromatic N) is 1. The van der Waals surface area contributed by atoms with Crippen LogP contribution in [0.3, 0.4) is 0 Å². The minimum atomic E-state index is -1.51. The highest BCUT2D eigenvalue weighted by atomic mass is 16.6.